The highest BCUT2D eigenvalue weighted by Crippen LogP contribution is 2.29. The minimum Gasteiger partial charge on any atom is -0.496 e. The molecule has 0 saturated heterocycles. The van der Waals surface area contributed by atoms with E-state index in [1.807, 2.05) is 0 Å². The molecule has 0 amide bonds. The Bertz CT molecular complexity index is 317. The first-order chi connectivity index (χ1) is 6.06. The van der Waals surface area contributed by atoms with Crippen LogP contribution in [0.3, 0.4) is 0 Å². The zero-order valence-electron chi connectivity index (χ0n) is 7.14. The molecule has 2 nitrogen and oxygen atoms in total. The number of aromatic nitrogens is 1. The fourth-order valence-corrected chi connectivity index (χ4v) is 1.68. The van der Waals surface area contributed by atoms with Gasteiger partial charge in [0, 0.05) is 11.8 Å². The maximum atomic E-state index is 12.4. The van der Waals surface area contributed by atoms with Crippen LogP contribution in [0.5, 0.6) is 5.75 Å². The molecule has 1 aromatic rings. The van der Waals surface area contributed by atoms with Crippen LogP contribution < -0.4 is 4.74 Å². The van der Waals surface area contributed by atoms with Crippen LogP contribution in [0.25, 0.3) is 0 Å². The molecular formula is C8H8F2INO. The molecule has 5 heteroatoms. The van der Waals surface area contributed by atoms with Gasteiger partial charge in [-0.3, -0.25) is 4.98 Å². The third-order valence-electron chi connectivity index (χ3n) is 1.50. The summed E-state index contributed by atoms with van der Waals surface area (Å²) in [6.07, 6.45) is -2.55. The summed E-state index contributed by atoms with van der Waals surface area (Å²) < 4.78 is 30.1. The highest BCUT2D eigenvalue weighted by Gasteiger charge is 2.17. The molecule has 0 spiro atoms. The van der Waals surface area contributed by atoms with Gasteiger partial charge in [-0.25, -0.2) is 8.78 Å². The lowest BCUT2D eigenvalue weighted by molar-refractivity contribution is 0.144. The zero-order valence-corrected chi connectivity index (χ0v) is 9.30. The molecule has 0 aliphatic carbocycles. The van der Waals surface area contributed by atoms with Crippen molar-refractivity contribution in [1.29, 1.82) is 0 Å². The average molecular weight is 299 g/mol. The standard InChI is InChI=1S/C8H8F2INO/c1-4-3-5(13-2)6(11)7(12-4)8(9)10/h3,8H,1-2H3. The van der Waals surface area contributed by atoms with Gasteiger partial charge in [-0.1, -0.05) is 0 Å². The molecule has 72 valence electrons. The first-order valence-corrected chi connectivity index (χ1v) is 4.63. The lowest BCUT2D eigenvalue weighted by Crippen LogP contribution is -2.00. The molecule has 0 radical (unpaired) electrons. The topological polar surface area (TPSA) is 22.1 Å². The van der Waals surface area contributed by atoms with Crippen molar-refractivity contribution < 1.29 is 13.5 Å². The highest BCUT2D eigenvalue weighted by atomic mass is 127. The normalized spacial score (nSPS) is 10.6. The van der Waals surface area contributed by atoms with E-state index in [1.54, 1.807) is 35.6 Å². The molecule has 13 heavy (non-hydrogen) atoms. The first kappa shape index (κ1) is 10.6. The summed E-state index contributed by atoms with van der Waals surface area (Å²) in [6, 6.07) is 1.63. The quantitative estimate of drug-likeness (QED) is 0.783. The van der Waals surface area contributed by atoms with Crippen LogP contribution in [-0.2, 0) is 0 Å². The van der Waals surface area contributed by atoms with Gasteiger partial charge in [0.25, 0.3) is 6.43 Å². The van der Waals surface area contributed by atoms with E-state index in [0.29, 0.717) is 15.0 Å². The van der Waals surface area contributed by atoms with E-state index in [1.165, 1.54) is 7.11 Å². The van der Waals surface area contributed by atoms with Crippen molar-refractivity contribution in [3.63, 3.8) is 0 Å². The minimum atomic E-state index is -2.55. The number of methoxy groups -OCH3 is 1. The first-order valence-electron chi connectivity index (χ1n) is 3.55. The maximum Gasteiger partial charge on any atom is 0.281 e. The Morgan fingerprint density at radius 1 is 1.54 bits per heavy atom. The molecule has 1 rings (SSSR count). The molecule has 0 aliphatic rings. The van der Waals surface area contributed by atoms with Gasteiger partial charge in [0.1, 0.15) is 11.4 Å². The summed E-state index contributed by atoms with van der Waals surface area (Å²) in [7, 11) is 1.45. The number of hydrogen-bond acceptors (Lipinski definition) is 2. The minimum absolute atomic E-state index is 0.211. The van der Waals surface area contributed by atoms with Crippen LogP contribution in [0.4, 0.5) is 8.78 Å². The molecular weight excluding hydrogens is 291 g/mol. The number of nitrogens with zero attached hydrogens (tertiary/aromatic N) is 1. The molecule has 0 aliphatic heterocycles. The number of aryl methyl sites for hydroxylation is 1. The summed E-state index contributed by atoms with van der Waals surface area (Å²) in [5.74, 6) is 0.448. The molecule has 1 aromatic heterocycles. The second-order valence-electron chi connectivity index (χ2n) is 2.47. The second-order valence-corrected chi connectivity index (χ2v) is 3.54. The Morgan fingerprint density at radius 3 is 2.62 bits per heavy atom. The van der Waals surface area contributed by atoms with Crippen molar-refractivity contribution in [1.82, 2.24) is 4.98 Å². The van der Waals surface area contributed by atoms with Crippen molar-refractivity contribution in [3.05, 3.63) is 21.0 Å². The molecule has 0 fully saturated rings. The molecule has 0 atom stereocenters. The van der Waals surface area contributed by atoms with Gasteiger partial charge in [-0.15, -0.1) is 0 Å². The van der Waals surface area contributed by atoms with Crippen molar-refractivity contribution >= 4 is 22.6 Å². The Kier molecular flexibility index (Phi) is 3.40. The van der Waals surface area contributed by atoms with E-state index in [4.69, 9.17) is 4.74 Å². The molecule has 0 N–H and O–H groups in total. The maximum absolute atomic E-state index is 12.4. The predicted molar refractivity (Wildman–Crippen MR) is 53.2 cm³/mol. The fraction of sp³-hybridized carbons (Fsp3) is 0.375. The van der Waals surface area contributed by atoms with Gasteiger partial charge in [-0.05, 0) is 29.5 Å². The summed E-state index contributed by atoms with van der Waals surface area (Å²) in [5, 5.41) is 0. The lowest BCUT2D eigenvalue weighted by Gasteiger charge is -2.08. The summed E-state index contributed by atoms with van der Waals surface area (Å²) >= 11 is 1.81. The predicted octanol–water partition coefficient (Wildman–Crippen LogP) is 2.94. The van der Waals surface area contributed by atoms with Crippen molar-refractivity contribution in [2.75, 3.05) is 7.11 Å². The summed E-state index contributed by atoms with van der Waals surface area (Å²) in [6.45, 7) is 1.66. The lowest BCUT2D eigenvalue weighted by atomic mass is 10.3. The Hall–Kier alpha value is -0.460. The van der Waals surface area contributed by atoms with Crippen LogP contribution >= 0.6 is 22.6 Å². The van der Waals surface area contributed by atoms with E-state index in [0.717, 1.165) is 0 Å². The Labute approximate surface area is 88.5 Å². The van der Waals surface area contributed by atoms with E-state index in [-0.39, 0.29) is 5.69 Å². The summed E-state index contributed by atoms with van der Waals surface area (Å²) in [4.78, 5) is 3.74. The number of alkyl halides is 2. The van der Waals surface area contributed by atoms with Crippen LogP contribution in [0.15, 0.2) is 6.07 Å². The van der Waals surface area contributed by atoms with Crippen molar-refractivity contribution in [3.8, 4) is 5.75 Å². The second kappa shape index (κ2) is 4.17. The Balaban J connectivity index is 3.27. The molecule has 1 heterocycles. The zero-order chi connectivity index (χ0) is 10.0. The van der Waals surface area contributed by atoms with Gasteiger partial charge >= 0.3 is 0 Å². The van der Waals surface area contributed by atoms with Crippen molar-refractivity contribution in [2.24, 2.45) is 0 Å². The van der Waals surface area contributed by atoms with Crippen LogP contribution in [0.1, 0.15) is 17.8 Å². The van der Waals surface area contributed by atoms with Crippen molar-refractivity contribution in [2.45, 2.75) is 13.3 Å². The number of ether oxygens (including phenoxy) is 1. The highest BCUT2D eigenvalue weighted by molar-refractivity contribution is 14.1. The van der Waals surface area contributed by atoms with Crippen LogP contribution in [-0.4, -0.2) is 12.1 Å². The van der Waals surface area contributed by atoms with Crippen LogP contribution in [0.2, 0.25) is 0 Å². The molecule has 0 unspecified atom stereocenters. The smallest absolute Gasteiger partial charge is 0.281 e. The number of rotatable bonds is 2. The molecule has 0 aromatic carbocycles. The SMILES string of the molecule is COc1cc(C)nc(C(F)F)c1I. The van der Waals surface area contributed by atoms with Gasteiger partial charge < -0.3 is 4.74 Å². The van der Waals surface area contributed by atoms with E-state index < -0.39 is 6.43 Å². The molecule has 0 saturated carbocycles. The number of halogens is 3. The van der Waals surface area contributed by atoms with E-state index in [2.05, 4.69) is 4.98 Å². The third-order valence-corrected chi connectivity index (χ3v) is 2.59. The van der Waals surface area contributed by atoms with Gasteiger partial charge in [0.2, 0.25) is 0 Å². The largest absolute Gasteiger partial charge is 0.496 e. The molecule has 0 bridgehead atoms. The van der Waals surface area contributed by atoms with E-state index in [9.17, 15) is 8.78 Å². The monoisotopic (exact) mass is 299 g/mol. The number of hydrogen-bond donors (Lipinski definition) is 0. The van der Waals surface area contributed by atoms with E-state index >= 15 is 0 Å². The summed E-state index contributed by atoms with van der Waals surface area (Å²) in [5.41, 5.74) is 0.324. The van der Waals surface area contributed by atoms with Gasteiger partial charge in [-0.2, -0.15) is 0 Å². The van der Waals surface area contributed by atoms with Gasteiger partial charge in [0.05, 0.1) is 10.7 Å². The fourth-order valence-electron chi connectivity index (χ4n) is 0.944. The Morgan fingerprint density at radius 2 is 2.15 bits per heavy atom. The number of pyridine rings is 1. The van der Waals surface area contributed by atoms with Crippen LogP contribution in [0, 0.1) is 10.5 Å². The van der Waals surface area contributed by atoms with Gasteiger partial charge in [0.15, 0.2) is 0 Å². The average Bonchev–Trinajstić information content (AvgIpc) is 2.08. The third kappa shape index (κ3) is 2.26.